The molecule has 0 aliphatic carbocycles. The summed E-state index contributed by atoms with van der Waals surface area (Å²) in [4.78, 5) is 17.4. The fourth-order valence-corrected chi connectivity index (χ4v) is 3.29. The third-order valence-corrected chi connectivity index (χ3v) is 4.30. The zero-order valence-electron chi connectivity index (χ0n) is 11.3. The van der Waals surface area contributed by atoms with Crippen molar-refractivity contribution in [2.75, 3.05) is 5.32 Å². The lowest BCUT2D eigenvalue weighted by atomic mass is 10.3. The maximum Gasteiger partial charge on any atom is 0.276 e. The molecule has 4 aromatic rings. The van der Waals surface area contributed by atoms with E-state index in [1.165, 1.54) is 23.7 Å². The van der Waals surface area contributed by atoms with Gasteiger partial charge in [-0.1, -0.05) is 23.5 Å². The molecule has 0 spiro atoms. The molecule has 0 aliphatic rings. The van der Waals surface area contributed by atoms with Crippen LogP contribution in [0.2, 0.25) is 0 Å². The number of anilines is 1. The van der Waals surface area contributed by atoms with E-state index in [4.69, 9.17) is 0 Å². The first kappa shape index (κ1) is 12.8. The summed E-state index contributed by atoms with van der Waals surface area (Å²) < 4.78 is 3.65. The van der Waals surface area contributed by atoms with E-state index in [2.05, 4.69) is 10.3 Å². The van der Waals surface area contributed by atoms with Crippen LogP contribution in [0.4, 0.5) is 5.69 Å². The summed E-state index contributed by atoms with van der Waals surface area (Å²) in [5, 5.41) is 13.9. The Morgan fingerprint density at radius 2 is 2.14 bits per heavy atom. The number of hydrogen-bond acceptors (Lipinski definition) is 4. The first-order valence-electron chi connectivity index (χ1n) is 6.57. The summed E-state index contributed by atoms with van der Waals surface area (Å²) in [6, 6.07) is 11.2. The molecule has 22 heavy (non-hydrogen) atoms. The first-order valence-corrected chi connectivity index (χ1v) is 7.39. The second kappa shape index (κ2) is 4.81. The molecule has 0 saturated carbocycles. The minimum Gasteiger partial charge on any atom is -0.619 e. The summed E-state index contributed by atoms with van der Waals surface area (Å²) in [5.41, 5.74) is 1.77. The average Bonchev–Trinajstić information content (AvgIpc) is 3.05. The van der Waals surface area contributed by atoms with Crippen molar-refractivity contribution in [1.29, 1.82) is 0 Å². The van der Waals surface area contributed by atoms with Gasteiger partial charge >= 0.3 is 0 Å². The van der Waals surface area contributed by atoms with Gasteiger partial charge in [0.25, 0.3) is 5.91 Å². The number of para-hydroxylation sites is 1. The van der Waals surface area contributed by atoms with Crippen LogP contribution in [-0.2, 0) is 0 Å². The molecule has 3 aromatic heterocycles. The number of rotatable bonds is 2. The van der Waals surface area contributed by atoms with Gasteiger partial charge in [0.2, 0.25) is 6.20 Å². The predicted molar refractivity (Wildman–Crippen MR) is 83.9 cm³/mol. The summed E-state index contributed by atoms with van der Waals surface area (Å²) >= 11 is 1.53. The molecule has 0 radical (unpaired) electrons. The Morgan fingerprint density at radius 1 is 1.27 bits per heavy atom. The molecule has 0 atom stereocenters. The third-order valence-electron chi connectivity index (χ3n) is 3.27. The van der Waals surface area contributed by atoms with Crippen molar-refractivity contribution in [3.05, 3.63) is 65.9 Å². The second-order valence-corrected chi connectivity index (χ2v) is 5.76. The van der Waals surface area contributed by atoms with Gasteiger partial charge in [-0.25, -0.2) is 4.98 Å². The van der Waals surface area contributed by atoms with E-state index in [9.17, 15) is 10.0 Å². The number of nitrogens with zero attached hydrogens (tertiary/aromatic N) is 3. The number of imidazole rings is 1. The Morgan fingerprint density at radius 3 is 3.00 bits per heavy atom. The lowest BCUT2D eigenvalue weighted by Gasteiger charge is -2.02. The van der Waals surface area contributed by atoms with Crippen molar-refractivity contribution < 1.29 is 9.52 Å². The van der Waals surface area contributed by atoms with E-state index in [1.54, 1.807) is 18.3 Å². The van der Waals surface area contributed by atoms with Crippen LogP contribution in [-0.4, -0.2) is 15.3 Å². The van der Waals surface area contributed by atoms with Crippen molar-refractivity contribution in [2.24, 2.45) is 0 Å². The Balaban J connectivity index is 1.70. The van der Waals surface area contributed by atoms with Gasteiger partial charge in [0, 0.05) is 12.3 Å². The number of amides is 1. The van der Waals surface area contributed by atoms with Crippen molar-refractivity contribution in [1.82, 2.24) is 9.38 Å². The zero-order valence-corrected chi connectivity index (χ0v) is 12.1. The molecule has 108 valence electrons. The molecule has 1 aromatic carbocycles. The quantitative estimate of drug-likeness (QED) is 0.456. The van der Waals surface area contributed by atoms with Crippen LogP contribution in [0.5, 0.6) is 0 Å². The molecule has 1 amide bonds. The number of fused-ring (bicyclic) bond motifs is 3. The molecule has 0 fully saturated rings. The van der Waals surface area contributed by atoms with Crippen molar-refractivity contribution in [3.63, 3.8) is 0 Å². The molecule has 4 rings (SSSR count). The highest BCUT2D eigenvalue weighted by molar-refractivity contribution is 7.23. The first-order chi connectivity index (χ1) is 10.7. The maximum atomic E-state index is 12.2. The number of hydrogen-bond donors (Lipinski definition) is 1. The molecule has 1 N–H and O–H groups in total. The number of carbonyl (C=O) groups excluding carboxylic acids is 1. The maximum absolute atomic E-state index is 12.2. The van der Waals surface area contributed by atoms with Crippen LogP contribution in [0.1, 0.15) is 10.5 Å². The monoisotopic (exact) mass is 310 g/mol. The highest BCUT2D eigenvalue weighted by Crippen LogP contribution is 2.26. The van der Waals surface area contributed by atoms with Crippen LogP contribution in [0.15, 0.2) is 55.0 Å². The lowest BCUT2D eigenvalue weighted by Crippen LogP contribution is -2.25. The van der Waals surface area contributed by atoms with Crippen LogP contribution in [0.25, 0.3) is 15.2 Å². The Kier molecular flexibility index (Phi) is 2.80. The van der Waals surface area contributed by atoms with Gasteiger partial charge in [-0.15, -0.1) is 0 Å². The topological polar surface area (TPSA) is 73.3 Å². The second-order valence-electron chi connectivity index (χ2n) is 4.76. The van der Waals surface area contributed by atoms with Gasteiger partial charge in [-0.05, 0) is 18.2 Å². The summed E-state index contributed by atoms with van der Waals surface area (Å²) in [6.07, 6.45) is 4.36. The van der Waals surface area contributed by atoms with Gasteiger partial charge in [-0.2, -0.15) is 4.73 Å². The smallest absolute Gasteiger partial charge is 0.276 e. The number of benzene rings is 1. The lowest BCUT2D eigenvalue weighted by molar-refractivity contribution is -0.604. The Hall–Kier alpha value is -2.93. The summed E-state index contributed by atoms with van der Waals surface area (Å²) in [7, 11) is 0. The minimum absolute atomic E-state index is 0.318. The van der Waals surface area contributed by atoms with Gasteiger partial charge in [-0.3, -0.25) is 9.20 Å². The molecule has 6 nitrogen and oxygen atoms in total. The van der Waals surface area contributed by atoms with Crippen molar-refractivity contribution >= 4 is 38.1 Å². The average molecular weight is 310 g/mol. The van der Waals surface area contributed by atoms with Crippen LogP contribution in [0.3, 0.4) is 0 Å². The highest BCUT2D eigenvalue weighted by atomic mass is 32.1. The number of thiazole rings is 1. The van der Waals surface area contributed by atoms with E-state index >= 15 is 0 Å². The van der Waals surface area contributed by atoms with Gasteiger partial charge in [0.1, 0.15) is 11.4 Å². The predicted octanol–water partition coefficient (Wildman–Crippen LogP) is 2.43. The molecule has 0 aliphatic heterocycles. The third kappa shape index (κ3) is 2.08. The van der Waals surface area contributed by atoms with Crippen LogP contribution < -0.4 is 10.0 Å². The van der Waals surface area contributed by atoms with E-state index < -0.39 is 0 Å². The molecular formula is C15H10N4O2S. The normalized spacial score (nSPS) is 11.1. The molecule has 3 heterocycles. The number of carbonyl (C=O) groups is 1. The van der Waals surface area contributed by atoms with Gasteiger partial charge in [0.15, 0.2) is 11.2 Å². The Labute approximate surface area is 128 Å². The van der Waals surface area contributed by atoms with Crippen LogP contribution in [0, 0.1) is 5.21 Å². The molecule has 7 heteroatoms. The fourth-order valence-electron chi connectivity index (χ4n) is 2.28. The fraction of sp³-hybridized carbons (Fsp3) is 0. The molecular weight excluding hydrogens is 300 g/mol. The minimum atomic E-state index is -0.341. The highest BCUT2D eigenvalue weighted by Gasteiger charge is 2.14. The Bertz CT molecular complexity index is 1010. The van der Waals surface area contributed by atoms with E-state index in [-0.39, 0.29) is 5.91 Å². The van der Waals surface area contributed by atoms with Crippen molar-refractivity contribution in [2.45, 2.75) is 0 Å². The van der Waals surface area contributed by atoms with Crippen molar-refractivity contribution in [3.8, 4) is 0 Å². The molecule has 0 bridgehead atoms. The number of aromatic nitrogens is 3. The van der Waals surface area contributed by atoms with E-state index in [1.807, 2.05) is 28.7 Å². The molecule has 0 unspecified atom stereocenters. The van der Waals surface area contributed by atoms with Gasteiger partial charge in [0.05, 0.1) is 10.2 Å². The van der Waals surface area contributed by atoms with E-state index in [0.717, 1.165) is 15.2 Å². The zero-order chi connectivity index (χ0) is 15.1. The summed E-state index contributed by atoms with van der Waals surface area (Å²) in [5.74, 6) is -0.341. The van der Waals surface area contributed by atoms with Crippen LogP contribution >= 0.6 is 11.3 Å². The summed E-state index contributed by atoms with van der Waals surface area (Å²) in [6.45, 7) is 0. The number of pyridine rings is 1. The van der Waals surface area contributed by atoms with Gasteiger partial charge < -0.3 is 10.5 Å². The van der Waals surface area contributed by atoms with E-state index in [0.29, 0.717) is 16.1 Å². The molecule has 0 saturated heterocycles. The SMILES string of the molecule is O=C(Nc1ccc[n+]([O-])c1)c1cn2c(n1)sc1ccccc12. The number of nitrogens with one attached hydrogen (secondary N) is 1. The largest absolute Gasteiger partial charge is 0.619 e. The standard InChI is InChI=1S/C15H10N4O2S/c20-14(16-10-4-3-7-18(21)8-10)11-9-19-12-5-1-2-6-13(12)22-15(19)17-11/h1-9H,(H,16,20).